The van der Waals surface area contributed by atoms with Crippen molar-refractivity contribution in [3.8, 4) is 79.4 Å². The number of benzene rings is 13. The average Bonchev–Trinajstić information content (AvgIpc) is 1.55. The van der Waals surface area contributed by atoms with E-state index in [4.69, 9.17) is 19.9 Å². The minimum atomic E-state index is 0.690. The molecule has 0 unspecified atom stereocenters. The summed E-state index contributed by atoms with van der Waals surface area (Å²) in [6, 6.07) is 119. The molecule has 6 heterocycles. The zero-order valence-electron chi connectivity index (χ0n) is 50.9. The molecule has 440 valence electrons. The summed E-state index contributed by atoms with van der Waals surface area (Å²) in [6.07, 6.45) is 0. The molecule has 19 rings (SSSR count). The molecule has 6 aromatic heterocycles. The Hall–Kier alpha value is -12.8. The molecular formula is C86H56N8. The highest BCUT2D eigenvalue weighted by molar-refractivity contribution is 6.27. The Labute approximate surface area is 541 Å². The predicted octanol–water partition coefficient (Wildman–Crippen LogP) is 21.7. The molecule has 0 aliphatic carbocycles. The van der Waals surface area contributed by atoms with E-state index in [1.165, 1.54) is 65.3 Å². The van der Waals surface area contributed by atoms with E-state index >= 15 is 0 Å². The monoisotopic (exact) mass is 1200 g/mol. The van der Waals surface area contributed by atoms with Crippen LogP contribution in [0.15, 0.2) is 340 Å². The molecule has 0 bridgehead atoms. The van der Waals surface area contributed by atoms with Crippen LogP contribution in [0.4, 0.5) is 0 Å². The summed E-state index contributed by atoms with van der Waals surface area (Å²) >= 11 is 0. The van der Waals surface area contributed by atoms with Crippen molar-refractivity contribution in [2.24, 2.45) is 0 Å². The highest BCUT2D eigenvalue weighted by Crippen LogP contribution is 2.45. The van der Waals surface area contributed by atoms with Crippen LogP contribution >= 0.6 is 0 Å². The Morgan fingerprint density at radius 2 is 0.489 bits per heavy atom. The van der Waals surface area contributed by atoms with E-state index in [2.05, 4.69) is 309 Å². The first kappa shape index (κ1) is 54.2. The number of rotatable bonds is 9. The fraction of sp³-hybridized carbons (Fsp3) is 0. The number of fused-ring (bicyclic) bond motifs is 14. The average molecular weight is 1200 g/mol. The molecule has 8 nitrogen and oxygen atoms in total. The number of aromatic nitrogens is 8. The lowest BCUT2D eigenvalue weighted by atomic mass is 10.0. The molecule has 19 aromatic rings. The summed E-state index contributed by atoms with van der Waals surface area (Å²) < 4.78 is 9.44. The van der Waals surface area contributed by atoms with Crippen LogP contribution in [0.5, 0.6) is 0 Å². The summed E-state index contributed by atoms with van der Waals surface area (Å²) in [5.41, 5.74) is 19.6. The molecule has 0 N–H and O–H groups in total. The third-order valence-electron chi connectivity index (χ3n) is 18.3. The molecule has 0 fully saturated rings. The molecule has 0 saturated heterocycles. The van der Waals surface area contributed by atoms with Gasteiger partial charge in [-0.1, -0.05) is 267 Å². The molecule has 0 spiro atoms. The van der Waals surface area contributed by atoms with Gasteiger partial charge in [-0.15, -0.1) is 0 Å². The van der Waals surface area contributed by atoms with Crippen molar-refractivity contribution in [3.63, 3.8) is 0 Å². The maximum Gasteiger partial charge on any atom is 0.162 e. The number of nitrogens with zero attached hydrogens (tertiary/aromatic N) is 8. The van der Waals surface area contributed by atoms with Crippen LogP contribution in [0.25, 0.3) is 167 Å². The zero-order valence-corrected chi connectivity index (χ0v) is 50.9. The van der Waals surface area contributed by atoms with Gasteiger partial charge in [-0.25, -0.2) is 19.9 Å². The van der Waals surface area contributed by atoms with Crippen molar-refractivity contribution >= 4 is 87.2 Å². The predicted molar refractivity (Wildman–Crippen MR) is 389 cm³/mol. The lowest BCUT2D eigenvalue weighted by molar-refractivity contribution is 1.05. The first-order valence-corrected chi connectivity index (χ1v) is 31.8. The maximum absolute atomic E-state index is 5.33. The van der Waals surface area contributed by atoms with E-state index in [1.807, 2.05) is 48.5 Å². The van der Waals surface area contributed by atoms with Gasteiger partial charge in [0.2, 0.25) is 0 Å². The molecule has 94 heavy (non-hydrogen) atoms. The van der Waals surface area contributed by atoms with Crippen LogP contribution in [0.1, 0.15) is 0 Å². The minimum Gasteiger partial charge on any atom is -0.309 e. The largest absolute Gasteiger partial charge is 0.309 e. The standard InChI is InChI=1S/C46H30N4.C40H26N4/c1-4-14-31(15-5-1)32-24-26-33(27-25-32)39-30-43(48-46(47-39)34-16-6-2-7-17-34)50-40-22-12-10-20-36(40)37-28-29-42-44(45(37)50)38-21-11-13-23-41(38)49(42)35-18-8-3-9-19-35;1-4-14-27(15-5-1)33-26-37(42-40(41-33)28-16-6-2-7-17-28)44-34-22-12-10-20-30(34)31-24-25-36-38(39(31)44)32-21-11-13-23-35(32)43(36)29-18-8-3-9-19-29/h1-30H;1-26H. The quantitative estimate of drug-likeness (QED) is 0.144. The second kappa shape index (κ2) is 22.6. The van der Waals surface area contributed by atoms with Crippen molar-refractivity contribution in [3.05, 3.63) is 340 Å². The topological polar surface area (TPSA) is 71.3 Å². The number of hydrogen-bond donors (Lipinski definition) is 0. The molecule has 0 aliphatic rings. The smallest absolute Gasteiger partial charge is 0.162 e. The highest BCUT2D eigenvalue weighted by Gasteiger charge is 2.25. The van der Waals surface area contributed by atoms with Gasteiger partial charge in [0.05, 0.1) is 55.5 Å². The summed E-state index contributed by atoms with van der Waals surface area (Å²) in [5, 5.41) is 9.60. The fourth-order valence-corrected chi connectivity index (χ4v) is 14.1. The second-order valence-corrected chi connectivity index (χ2v) is 23.7. The molecule has 0 saturated carbocycles. The highest BCUT2D eigenvalue weighted by atomic mass is 15.1. The van der Waals surface area contributed by atoms with Gasteiger partial charge in [-0.05, 0) is 71.8 Å². The van der Waals surface area contributed by atoms with E-state index in [0.717, 1.165) is 89.8 Å². The second-order valence-electron chi connectivity index (χ2n) is 23.7. The van der Waals surface area contributed by atoms with Crippen LogP contribution in [-0.2, 0) is 0 Å². The number of hydrogen-bond acceptors (Lipinski definition) is 4. The normalized spacial score (nSPS) is 11.6. The van der Waals surface area contributed by atoms with E-state index < -0.39 is 0 Å². The summed E-state index contributed by atoms with van der Waals surface area (Å²) in [7, 11) is 0. The number of para-hydroxylation sites is 6. The van der Waals surface area contributed by atoms with Gasteiger partial charge in [0.15, 0.2) is 11.6 Å². The third-order valence-corrected chi connectivity index (χ3v) is 18.3. The van der Waals surface area contributed by atoms with Gasteiger partial charge >= 0.3 is 0 Å². The molecule has 0 aliphatic heterocycles. The van der Waals surface area contributed by atoms with Crippen LogP contribution in [0, 0.1) is 0 Å². The van der Waals surface area contributed by atoms with Gasteiger partial charge in [0, 0.05) is 88.9 Å². The van der Waals surface area contributed by atoms with E-state index in [9.17, 15) is 0 Å². The third kappa shape index (κ3) is 9.07. The Kier molecular flexibility index (Phi) is 13.0. The zero-order chi connectivity index (χ0) is 62.1. The minimum absolute atomic E-state index is 0.690. The summed E-state index contributed by atoms with van der Waals surface area (Å²) in [4.78, 5) is 20.8. The first-order valence-electron chi connectivity index (χ1n) is 31.8. The Morgan fingerprint density at radius 1 is 0.191 bits per heavy atom. The van der Waals surface area contributed by atoms with Gasteiger partial charge in [0.25, 0.3) is 0 Å². The van der Waals surface area contributed by atoms with Crippen molar-refractivity contribution in [1.29, 1.82) is 0 Å². The lowest BCUT2D eigenvalue weighted by Gasteiger charge is -2.13. The van der Waals surface area contributed by atoms with Crippen molar-refractivity contribution in [1.82, 2.24) is 38.2 Å². The molecule has 13 aromatic carbocycles. The van der Waals surface area contributed by atoms with Gasteiger partial charge in [-0.2, -0.15) is 0 Å². The van der Waals surface area contributed by atoms with E-state index in [0.29, 0.717) is 11.6 Å². The SMILES string of the molecule is c1ccc(-c2cc(-n3c4ccccc4c4ccc5c(c6ccccc6n5-c5ccccc5)c43)nc(-c3ccccc3)n2)cc1.c1ccc(-c2ccc(-c3cc(-n4c5ccccc5c5ccc6c(c7ccccc7n6-c6ccccc6)c54)nc(-c4ccccc4)n3)cc2)cc1. The van der Waals surface area contributed by atoms with Crippen LogP contribution in [-0.4, -0.2) is 38.2 Å². The van der Waals surface area contributed by atoms with Crippen LogP contribution in [0.2, 0.25) is 0 Å². The van der Waals surface area contributed by atoms with Crippen LogP contribution < -0.4 is 0 Å². The Balaban J connectivity index is 0.000000139. The van der Waals surface area contributed by atoms with E-state index in [1.54, 1.807) is 0 Å². The molecular weight excluding hydrogens is 1150 g/mol. The molecule has 8 heteroatoms. The lowest BCUT2D eigenvalue weighted by Crippen LogP contribution is -2.03. The van der Waals surface area contributed by atoms with E-state index in [-0.39, 0.29) is 0 Å². The van der Waals surface area contributed by atoms with Gasteiger partial charge in [0.1, 0.15) is 11.6 Å². The fourth-order valence-electron chi connectivity index (χ4n) is 14.1. The summed E-state index contributed by atoms with van der Waals surface area (Å²) in [5.74, 6) is 3.06. The Bertz CT molecular complexity index is 6000. The van der Waals surface area contributed by atoms with Gasteiger partial charge in [-0.3, -0.25) is 9.13 Å². The van der Waals surface area contributed by atoms with Crippen molar-refractivity contribution < 1.29 is 0 Å². The Morgan fingerprint density at radius 3 is 0.894 bits per heavy atom. The first-order chi connectivity index (χ1) is 46.7. The van der Waals surface area contributed by atoms with Crippen LogP contribution in [0.3, 0.4) is 0 Å². The summed E-state index contributed by atoms with van der Waals surface area (Å²) in [6.45, 7) is 0. The molecule has 0 atom stereocenters. The molecule has 0 radical (unpaired) electrons. The van der Waals surface area contributed by atoms with Crippen molar-refractivity contribution in [2.45, 2.75) is 0 Å². The maximum atomic E-state index is 5.33. The van der Waals surface area contributed by atoms with Crippen molar-refractivity contribution in [2.75, 3.05) is 0 Å². The van der Waals surface area contributed by atoms with Gasteiger partial charge < -0.3 is 9.13 Å². The molecule has 0 amide bonds.